The van der Waals surface area contributed by atoms with Crippen LogP contribution in [0.1, 0.15) is 25.3 Å². The fraction of sp³-hybridized carbons (Fsp3) is 0.500. The summed E-state index contributed by atoms with van der Waals surface area (Å²) in [6, 6.07) is 6.23. The van der Waals surface area contributed by atoms with Crippen molar-refractivity contribution >= 4 is 35.8 Å². The lowest BCUT2D eigenvalue weighted by molar-refractivity contribution is -0.127. The lowest BCUT2D eigenvalue weighted by Gasteiger charge is -2.14. The maximum Gasteiger partial charge on any atom is 0.241 e. The van der Waals surface area contributed by atoms with Gasteiger partial charge in [0, 0.05) is 20.6 Å². The van der Waals surface area contributed by atoms with E-state index in [1.807, 2.05) is 0 Å². The van der Waals surface area contributed by atoms with E-state index in [1.54, 1.807) is 26.2 Å². The molecule has 0 heterocycles. The Morgan fingerprint density at radius 1 is 1.22 bits per heavy atom. The van der Waals surface area contributed by atoms with Crippen molar-refractivity contribution in [2.24, 2.45) is 4.99 Å². The highest BCUT2D eigenvalue weighted by Gasteiger charge is 2.05. The maximum atomic E-state index is 12.9. The molecule has 1 rings (SSSR count). The van der Waals surface area contributed by atoms with Gasteiger partial charge < -0.3 is 15.5 Å². The third kappa shape index (κ3) is 9.37. The molecule has 0 atom stereocenters. The highest BCUT2D eigenvalue weighted by molar-refractivity contribution is 14.0. The zero-order valence-electron chi connectivity index (χ0n) is 13.9. The SMILES string of the molecule is CCCCNC(=NCc1ccc(F)cc1)NCC(=O)N(C)C.I. The normalized spacial score (nSPS) is 10.7. The fourth-order valence-electron chi connectivity index (χ4n) is 1.64. The number of hydrogen-bond donors (Lipinski definition) is 2. The van der Waals surface area contributed by atoms with Gasteiger partial charge in [0.25, 0.3) is 0 Å². The first-order valence-corrected chi connectivity index (χ1v) is 7.49. The van der Waals surface area contributed by atoms with Crippen LogP contribution in [0.3, 0.4) is 0 Å². The molecule has 0 saturated carbocycles. The van der Waals surface area contributed by atoms with Gasteiger partial charge in [-0.2, -0.15) is 0 Å². The van der Waals surface area contributed by atoms with Crippen LogP contribution in [-0.2, 0) is 11.3 Å². The summed E-state index contributed by atoms with van der Waals surface area (Å²) >= 11 is 0. The van der Waals surface area contributed by atoms with Crippen LogP contribution in [0.2, 0.25) is 0 Å². The molecule has 0 aliphatic carbocycles. The average molecular weight is 436 g/mol. The Labute approximate surface area is 154 Å². The molecule has 0 saturated heterocycles. The molecule has 130 valence electrons. The number of nitrogens with one attached hydrogen (secondary N) is 2. The summed E-state index contributed by atoms with van der Waals surface area (Å²) < 4.78 is 12.9. The third-order valence-corrected chi connectivity index (χ3v) is 3.06. The molecule has 23 heavy (non-hydrogen) atoms. The lowest BCUT2D eigenvalue weighted by atomic mass is 10.2. The van der Waals surface area contributed by atoms with Crippen molar-refractivity contribution in [1.29, 1.82) is 0 Å². The molecule has 5 nitrogen and oxygen atoms in total. The number of aliphatic imine (C=N–C) groups is 1. The molecule has 1 amide bonds. The minimum Gasteiger partial charge on any atom is -0.356 e. The number of nitrogens with zero attached hydrogens (tertiary/aromatic N) is 2. The summed E-state index contributed by atoms with van der Waals surface area (Å²) in [6.07, 6.45) is 2.10. The van der Waals surface area contributed by atoms with Crippen molar-refractivity contribution in [2.75, 3.05) is 27.2 Å². The zero-order valence-corrected chi connectivity index (χ0v) is 16.3. The van der Waals surface area contributed by atoms with Gasteiger partial charge in [-0.3, -0.25) is 4.79 Å². The van der Waals surface area contributed by atoms with Crippen molar-refractivity contribution in [1.82, 2.24) is 15.5 Å². The Kier molecular flexibility index (Phi) is 11.4. The molecule has 0 radical (unpaired) electrons. The lowest BCUT2D eigenvalue weighted by Crippen LogP contribution is -2.43. The molecule has 7 heteroatoms. The largest absolute Gasteiger partial charge is 0.356 e. The van der Waals surface area contributed by atoms with Gasteiger partial charge in [0.15, 0.2) is 5.96 Å². The number of unbranched alkanes of at least 4 members (excludes halogenated alkanes) is 1. The van der Waals surface area contributed by atoms with Crippen molar-refractivity contribution in [3.05, 3.63) is 35.6 Å². The Balaban J connectivity index is 0.00000484. The van der Waals surface area contributed by atoms with Gasteiger partial charge in [-0.1, -0.05) is 25.5 Å². The van der Waals surface area contributed by atoms with Crippen LogP contribution in [0, 0.1) is 5.82 Å². The van der Waals surface area contributed by atoms with E-state index >= 15 is 0 Å². The molecule has 1 aromatic rings. The second-order valence-corrected chi connectivity index (χ2v) is 5.21. The minimum atomic E-state index is -0.260. The van der Waals surface area contributed by atoms with E-state index in [4.69, 9.17) is 0 Å². The molecule has 2 N–H and O–H groups in total. The Morgan fingerprint density at radius 3 is 2.43 bits per heavy atom. The van der Waals surface area contributed by atoms with Crippen LogP contribution in [0.25, 0.3) is 0 Å². The minimum absolute atomic E-state index is 0. The fourth-order valence-corrected chi connectivity index (χ4v) is 1.64. The van der Waals surface area contributed by atoms with Crippen molar-refractivity contribution in [2.45, 2.75) is 26.3 Å². The number of halogens is 2. The van der Waals surface area contributed by atoms with E-state index in [2.05, 4.69) is 22.5 Å². The van der Waals surface area contributed by atoms with E-state index in [9.17, 15) is 9.18 Å². The summed E-state index contributed by atoms with van der Waals surface area (Å²) in [6.45, 7) is 3.52. The monoisotopic (exact) mass is 436 g/mol. The van der Waals surface area contributed by atoms with Crippen molar-refractivity contribution < 1.29 is 9.18 Å². The first-order chi connectivity index (χ1) is 10.5. The van der Waals surface area contributed by atoms with Gasteiger partial charge in [-0.15, -0.1) is 24.0 Å². The number of benzene rings is 1. The number of amides is 1. The predicted octanol–water partition coefficient (Wildman–Crippen LogP) is 2.37. The summed E-state index contributed by atoms with van der Waals surface area (Å²) in [5.74, 6) is 0.309. The number of carbonyl (C=O) groups excluding carboxylic acids is 1. The van der Waals surface area contributed by atoms with Crippen LogP contribution < -0.4 is 10.6 Å². The highest BCUT2D eigenvalue weighted by atomic mass is 127. The molecule has 0 bridgehead atoms. The molecule has 0 unspecified atom stereocenters. The Morgan fingerprint density at radius 2 is 1.87 bits per heavy atom. The van der Waals surface area contributed by atoms with Crippen molar-refractivity contribution in [3.63, 3.8) is 0 Å². The topological polar surface area (TPSA) is 56.7 Å². The number of hydrogen-bond acceptors (Lipinski definition) is 2. The third-order valence-electron chi connectivity index (χ3n) is 3.06. The van der Waals surface area contributed by atoms with Crippen LogP contribution in [0.15, 0.2) is 29.3 Å². The van der Waals surface area contributed by atoms with E-state index in [1.165, 1.54) is 17.0 Å². The number of rotatable bonds is 7. The summed E-state index contributed by atoms with van der Waals surface area (Å²) in [4.78, 5) is 17.6. The van der Waals surface area contributed by atoms with E-state index in [0.717, 1.165) is 24.9 Å². The molecule has 0 aliphatic rings. The van der Waals surface area contributed by atoms with Gasteiger partial charge >= 0.3 is 0 Å². The predicted molar refractivity (Wildman–Crippen MR) is 103 cm³/mol. The van der Waals surface area contributed by atoms with Gasteiger partial charge in [-0.05, 0) is 24.1 Å². The first kappa shape index (κ1) is 21.6. The number of guanidine groups is 1. The second-order valence-electron chi connectivity index (χ2n) is 5.21. The number of carbonyl (C=O) groups is 1. The number of likely N-dealkylation sites (N-methyl/N-ethyl adjacent to an activating group) is 1. The molecule has 1 aromatic carbocycles. The van der Waals surface area contributed by atoms with E-state index < -0.39 is 0 Å². The average Bonchev–Trinajstić information content (AvgIpc) is 2.50. The quantitative estimate of drug-likeness (QED) is 0.299. The summed E-state index contributed by atoms with van der Waals surface area (Å²) in [5.41, 5.74) is 0.914. The molecule has 0 aromatic heterocycles. The van der Waals surface area contributed by atoms with Crippen molar-refractivity contribution in [3.8, 4) is 0 Å². The molecular formula is C16H26FIN4O. The zero-order chi connectivity index (χ0) is 16.4. The van der Waals surface area contributed by atoms with Gasteiger partial charge in [0.2, 0.25) is 5.91 Å². The first-order valence-electron chi connectivity index (χ1n) is 7.49. The summed E-state index contributed by atoms with van der Waals surface area (Å²) in [5, 5.41) is 6.21. The van der Waals surface area contributed by atoms with Crippen LogP contribution in [0.5, 0.6) is 0 Å². The van der Waals surface area contributed by atoms with Crippen LogP contribution in [-0.4, -0.2) is 44.0 Å². The van der Waals surface area contributed by atoms with Gasteiger partial charge in [-0.25, -0.2) is 9.38 Å². The van der Waals surface area contributed by atoms with Gasteiger partial charge in [0.05, 0.1) is 13.1 Å². The standard InChI is InChI=1S/C16H25FN4O.HI/c1-4-5-10-18-16(20-12-15(22)21(2)3)19-11-13-6-8-14(17)9-7-13;/h6-9H,4-5,10-12H2,1-3H3,(H2,18,19,20);1H. The maximum absolute atomic E-state index is 12.9. The molecule has 0 aliphatic heterocycles. The smallest absolute Gasteiger partial charge is 0.241 e. The molecular weight excluding hydrogens is 410 g/mol. The Bertz CT molecular complexity index is 491. The Hall–Kier alpha value is -1.38. The van der Waals surface area contributed by atoms with E-state index in [0.29, 0.717) is 12.5 Å². The van der Waals surface area contributed by atoms with Crippen LogP contribution in [0.4, 0.5) is 4.39 Å². The molecule has 0 spiro atoms. The second kappa shape index (κ2) is 12.1. The summed E-state index contributed by atoms with van der Waals surface area (Å²) in [7, 11) is 3.42. The van der Waals surface area contributed by atoms with Gasteiger partial charge in [0.1, 0.15) is 5.82 Å². The molecule has 0 fully saturated rings. The highest BCUT2D eigenvalue weighted by Crippen LogP contribution is 2.03. The van der Waals surface area contributed by atoms with E-state index in [-0.39, 0.29) is 42.2 Å². The van der Waals surface area contributed by atoms with Crippen LogP contribution >= 0.6 is 24.0 Å².